The summed E-state index contributed by atoms with van der Waals surface area (Å²) in [5.74, 6) is 1.94. The average molecular weight is 264 g/mol. The number of ether oxygens (including phenoxy) is 1. The molecular formula is C19H20O. The third-order valence-electron chi connectivity index (χ3n) is 4.37. The minimum atomic E-state index is -0.110. The molecule has 0 saturated heterocycles. The van der Waals surface area contributed by atoms with Gasteiger partial charge in [0.25, 0.3) is 0 Å². The maximum atomic E-state index is 6.07. The average Bonchev–Trinajstić information content (AvgIpc) is 2.48. The van der Waals surface area contributed by atoms with Gasteiger partial charge in [0.05, 0.1) is 0 Å². The number of benzene rings is 2. The number of para-hydroxylation sites is 2. The Hall–Kier alpha value is -2.02. The van der Waals surface area contributed by atoms with Crippen LogP contribution in [0, 0.1) is 0 Å². The van der Waals surface area contributed by atoms with E-state index in [0.717, 1.165) is 17.9 Å². The van der Waals surface area contributed by atoms with Gasteiger partial charge in [-0.15, -0.1) is 0 Å². The highest BCUT2D eigenvalue weighted by atomic mass is 16.5. The lowest BCUT2D eigenvalue weighted by Crippen LogP contribution is -2.29. The highest BCUT2D eigenvalue weighted by Crippen LogP contribution is 2.51. The molecule has 102 valence electrons. The van der Waals surface area contributed by atoms with E-state index in [4.69, 9.17) is 4.74 Å². The number of fused-ring (bicyclic) bond motifs is 2. The number of hydrogen-bond donors (Lipinski definition) is 0. The highest BCUT2D eigenvalue weighted by molar-refractivity contribution is 5.61. The van der Waals surface area contributed by atoms with Gasteiger partial charge < -0.3 is 4.74 Å². The first kappa shape index (κ1) is 13.0. The second-order valence-electron chi connectivity index (χ2n) is 5.51. The number of hydrogen-bond acceptors (Lipinski definition) is 1. The molecule has 20 heavy (non-hydrogen) atoms. The highest BCUT2D eigenvalue weighted by Gasteiger charge is 2.38. The Balaban J connectivity index is 2.30. The van der Waals surface area contributed by atoms with Gasteiger partial charge in [-0.1, -0.05) is 55.0 Å². The van der Waals surface area contributed by atoms with Gasteiger partial charge >= 0.3 is 0 Å². The summed E-state index contributed by atoms with van der Waals surface area (Å²) in [5, 5.41) is 0. The van der Waals surface area contributed by atoms with Crippen LogP contribution < -0.4 is 4.74 Å². The maximum Gasteiger partial charge on any atom is 0.131 e. The van der Waals surface area contributed by atoms with Crippen molar-refractivity contribution in [1.82, 2.24) is 0 Å². The summed E-state index contributed by atoms with van der Waals surface area (Å²) in [7, 11) is 0. The van der Waals surface area contributed by atoms with E-state index in [0.29, 0.717) is 0 Å². The minimum Gasteiger partial charge on any atom is -0.457 e. The molecule has 3 rings (SSSR count). The van der Waals surface area contributed by atoms with Crippen LogP contribution in [-0.2, 0) is 5.41 Å². The minimum absolute atomic E-state index is 0.110. The lowest BCUT2D eigenvalue weighted by atomic mass is 9.69. The fourth-order valence-corrected chi connectivity index (χ4v) is 3.14. The van der Waals surface area contributed by atoms with Gasteiger partial charge in [-0.05, 0) is 32.4 Å². The van der Waals surface area contributed by atoms with Crippen molar-refractivity contribution in [3.05, 3.63) is 71.3 Å². The van der Waals surface area contributed by atoms with E-state index in [1.807, 2.05) is 12.1 Å². The molecule has 0 fully saturated rings. The quantitative estimate of drug-likeness (QED) is 0.655. The van der Waals surface area contributed by atoms with Crippen molar-refractivity contribution in [2.24, 2.45) is 0 Å². The third kappa shape index (κ3) is 1.77. The Morgan fingerprint density at radius 2 is 1.50 bits per heavy atom. The summed E-state index contributed by atoms with van der Waals surface area (Å²) < 4.78 is 6.07. The molecule has 0 unspecified atom stereocenters. The number of rotatable bonds is 2. The lowest BCUT2D eigenvalue weighted by Gasteiger charge is -2.38. The fourth-order valence-electron chi connectivity index (χ4n) is 3.14. The van der Waals surface area contributed by atoms with Crippen molar-refractivity contribution >= 4 is 0 Å². The second kappa shape index (κ2) is 4.82. The molecule has 0 amide bonds. The second-order valence-corrected chi connectivity index (χ2v) is 5.51. The molecule has 0 aliphatic carbocycles. The zero-order valence-corrected chi connectivity index (χ0v) is 12.3. The molecule has 2 aromatic rings. The van der Waals surface area contributed by atoms with E-state index in [1.54, 1.807) is 0 Å². The van der Waals surface area contributed by atoms with Crippen molar-refractivity contribution in [2.75, 3.05) is 0 Å². The largest absolute Gasteiger partial charge is 0.457 e. The zero-order valence-electron chi connectivity index (χ0n) is 12.3. The van der Waals surface area contributed by atoms with Gasteiger partial charge in [0, 0.05) is 16.5 Å². The molecule has 0 radical (unpaired) electrons. The van der Waals surface area contributed by atoms with Gasteiger partial charge in [0.2, 0.25) is 0 Å². The Bertz CT molecular complexity index is 621. The lowest BCUT2D eigenvalue weighted by molar-refractivity contribution is 0.424. The van der Waals surface area contributed by atoms with Crippen LogP contribution in [0.1, 0.15) is 38.3 Å². The van der Waals surface area contributed by atoms with Gasteiger partial charge in [-0.3, -0.25) is 0 Å². The molecule has 1 nitrogen and oxygen atoms in total. The van der Waals surface area contributed by atoms with Crippen molar-refractivity contribution in [3.8, 4) is 11.5 Å². The first-order valence-corrected chi connectivity index (χ1v) is 7.22. The van der Waals surface area contributed by atoms with Crippen LogP contribution in [0.3, 0.4) is 0 Å². The van der Waals surface area contributed by atoms with Crippen LogP contribution in [0.15, 0.2) is 60.2 Å². The maximum absolute atomic E-state index is 6.07. The first-order valence-electron chi connectivity index (χ1n) is 7.22. The smallest absolute Gasteiger partial charge is 0.131 e. The Kier molecular flexibility index (Phi) is 3.13. The van der Waals surface area contributed by atoms with Crippen molar-refractivity contribution in [3.63, 3.8) is 0 Å². The summed E-state index contributed by atoms with van der Waals surface area (Å²) in [6, 6.07) is 16.7. The molecule has 1 aliphatic heterocycles. The fraction of sp³-hybridized carbons (Fsp3) is 0.263. The Morgan fingerprint density at radius 1 is 1.00 bits per heavy atom. The van der Waals surface area contributed by atoms with Crippen LogP contribution in [0.25, 0.3) is 0 Å². The van der Waals surface area contributed by atoms with Crippen LogP contribution in [0.2, 0.25) is 0 Å². The van der Waals surface area contributed by atoms with Crippen LogP contribution in [-0.4, -0.2) is 0 Å². The third-order valence-corrected chi connectivity index (χ3v) is 4.37. The molecule has 1 aliphatic rings. The summed E-state index contributed by atoms with van der Waals surface area (Å²) in [6.45, 7) is 6.71. The zero-order chi connectivity index (χ0) is 14.2. The van der Waals surface area contributed by atoms with Gasteiger partial charge in [0.15, 0.2) is 0 Å². The van der Waals surface area contributed by atoms with Gasteiger partial charge in [0.1, 0.15) is 11.5 Å². The summed E-state index contributed by atoms with van der Waals surface area (Å²) >= 11 is 0. The summed E-state index contributed by atoms with van der Waals surface area (Å²) in [4.78, 5) is 0. The van der Waals surface area contributed by atoms with Crippen LogP contribution >= 0.6 is 0 Å². The molecular weight excluding hydrogens is 244 g/mol. The molecule has 1 heterocycles. The molecule has 1 heteroatoms. The van der Waals surface area contributed by atoms with Crippen LogP contribution in [0.5, 0.6) is 11.5 Å². The predicted octanol–water partition coefficient (Wildman–Crippen LogP) is 5.45. The van der Waals surface area contributed by atoms with E-state index < -0.39 is 0 Å². The van der Waals surface area contributed by atoms with Crippen LogP contribution in [0.4, 0.5) is 0 Å². The van der Waals surface area contributed by atoms with Crippen molar-refractivity contribution in [1.29, 1.82) is 0 Å². The van der Waals surface area contributed by atoms with E-state index >= 15 is 0 Å². The van der Waals surface area contributed by atoms with E-state index in [-0.39, 0.29) is 5.41 Å². The molecule has 0 aromatic heterocycles. The number of allylic oxidation sites excluding steroid dienone is 2. The molecule has 2 aromatic carbocycles. The van der Waals surface area contributed by atoms with E-state index in [1.165, 1.54) is 16.7 Å². The topological polar surface area (TPSA) is 9.23 Å². The standard InChI is InChI=1S/C19H20O/c1-4-9-14(2)19(3)15-10-5-7-12-17(15)20-18-13-8-6-11-16(18)19/h5-13H,4H2,1-3H3. The molecule has 0 bridgehead atoms. The predicted molar refractivity (Wildman–Crippen MR) is 83.5 cm³/mol. The molecule has 0 atom stereocenters. The normalized spacial score (nSPS) is 16.1. The SMILES string of the molecule is CCC=C(C)C1(C)c2ccccc2Oc2ccccc21. The van der Waals surface area contributed by atoms with E-state index in [9.17, 15) is 0 Å². The summed E-state index contributed by atoms with van der Waals surface area (Å²) in [6.07, 6.45) is 3.37. The van der Waals surface area contributed by atoms with Gasteiger partial charge in [-0.2, -0.15) is 0 Å². The van der Waals surface area contributed by atoms with Crippen molar-refractivity contribution < 1.29 is 4.74 Å². The Morgan fingerprint density at radius 3 is 2.00 bits per heavy atom. The Labute approximate surface area is 120 Å². The van der Waals surface area contributed by atoms with E-state index in [2.05, 4.69) is 63.2 Å². The molecule has 0 saturated carbocycles. The molecule has 0 spiro atoms. The first-order chi connectivity index (χ1) is 9.67. The summed E-state index contributed by atoms with van der Waals surface area (Å²) in [5.41, 5.74) is 3.77. The van der Waals surface area contributed by atoms with Crippen molar-refractivity contribution in [2.45, 2.75) is 32.6 Å². The monoisotopic (exact) mass is 264 g/mol. The van der Waals surface area contributed by atoms with Gasteiger partial charge in [-0.25, -0.2) is 0 Å². The molecule has 0 N–H and O–H groups in total.